The largest absolute Gasteiger partial charge is 0.290 e. The van der Waals surface area contributed by atoms with E-state index in [2.05, 4.69) is 16.0 Å². The second kappa shape index (κ2) is 8.30. The first kappa shape index (κ1) is 19.0. The second-order valence-electron chi connectivity index (χ2n) is 6.21. The summed E-state index contributed by atoms with van der Waals surface area (Å²) in [6.45, 7) is 4.06. The normalized spacial score (nSPS) is 10.9. The smallest absolute Gasteiger partial charge is 0.268 e. The van der Waals surface area contributed by atoms with Crippen LogP contribution in [0.15, 0.2) is 59.4 Å². The standard InChI is InChI=1S/C21H20N4O3/c1-3-25-21(28)17-10-5-4-9-16(17)19(24-25)20(27)23-22-18(26)12-11-15-8-6-7-14(2)13-15/h4-13H,3H2,1-2H3,(H,22,26)(H,23,27)/b12-11+. The van der Waals surface area contributed by atoms with Crippen molar-refractivity contribution in [2.45, 2.75) is 20.4 Å². The van der Waals surface area contributed by atoms with Crippen molar-refractivity contribution in [2.24, 2.45) is 0 Å². The summed E-state index contributed by atoms with van der Waals surface area (Å²) in [7, 11) is 0. The van der Waals surface area contributed by atoms with E-state index in [1.165, 1.54) is 10.8 Å². The molecule has 0 unspecified atom stereocenters. The number of amides is 2. The van der Waals surface area contributed by atoms with Gasteiger partial charge in [-0.2, -0.15) is 5.10 Å². The van der Waals surface area contributed by atoms with Crippen LogP contribution in [0.3, 0.4) is 0 Å². The molecule has 0 saturated heterocycles. The van der Waals surface area contributed by atoms with Crippen molar-refractivity contribution in [3.05, 3.63) is 81.8 Å². The Balaban J connectivity index is 1.75. The summed E-state index contributed by atoms with van der Waals surface area (Å²) in [6.07, 6.45) is 2.98. The number of carbonyl (C=O) groups is 2. The highest BCUT2D eigenvalue weighted by atomic mass is 16.2. The minimum atomic E-state index is -0.601. The van der Waals surface area contributed by atoms with Gasteiger partial charge in [0, 0.05) is 18.0 Å². The van der Waals surface area contributed by atoms with Crippen LogP contribution >= 0.6 is 0 Å². The van der Waals surface area contributed by atoms with Crippen molar-refractivity contribution in [3.8, 4) is 0 Å². The zero-order chi connectivity index (χ0) is 20.1. The number of aromatic nitrogens is 2. The average Bonchev–Trinajstić information content (AvgIpc) is 2.71. The van der Waals surface area contributed by atoms with Gasteiger partial charge in [0.1, 0.15) is 0 Å². The molecule has 0 aliphatic carbocycles. The van der Waals surface area contributed by atoms with E-state index >= 15 is 0 Å². The number of hydrazine groups is 1. The van der Waals surface area contributed by atoms with Crippen LogP contribution in [0.1, 0.15) is 28.5 Å². The van der Waals surface area contributed by atoms with Gasteiger partial charge in [-0.1, -0.05) is 48.0 Å². The number of hydrogen-bond donors (Lipinski definition) is 2. The Bertz CT molecular complexity index is 1130. The van der Waals surface area contributed by atoms with Gasteiger partial charge in [-0.3, -0.25) is 25.2 Å². The predicted octanol–water partition coefficient (Wildman–Crippen LogP) is 2.20. The average molecular weight is 376 g/mol. The quantitative estimate of drug-likeness (QED) is 0.539. The number of carbonyl (C=O) groups excluding carboxylic acids is 2. The summed E-state index contributed by atoms with van der Waals surface area (Å²) in [6, 6.07) is 14.4. The number of hydrogen-bond acceptors (Lipinski definition) is 4. The van der Waals surface area contributed by atoms with Crippen molar-refractivity contribution < 1.29 is 9.59 Å². The van der Waals surface area contributed by atoms with Gasteiger partial charge in [0.15, 0.2) is 5.69 Å². The minimum Gasteiger partial charge on any atom is -0.268 e. The molecule has 0 fully saturated rings. The molecule has 2 aromatic carbocycles. The van der Waals surface area contributed by atoms with Crippen LogP contribution in [-0.4, -0.2) is 21.6 Å². The SMILES string of the molecule is CCn1nc(C(=O)NNC(=O)/C=C/c2cccc(C)c2)c2ccccc2c1=O. The third-order valence-electron chi connectivity index (χ3n) is 4.15. The van der Waals surface area contributed by atoms with Crippen LogP contribution in [0.25, 0.3) is 16.8 Å². The fraction of sp³-hybridized carbons (Fsp3) is 0.143. The van der Waals surface area contributed by atoms with Crippen molar-refractivity contribution in [3.63, 3.8) is 0 Å². The molecule has 7 heteroatoms. The number of aryl methyl sites for hydroxylation is 2. The van der Waals surface area contributed by atoms with E-state index in [0.717, 1.165) is 11.1 Å². The molecule has 0 atom stereocenters. The molecule has 1 aromatic heterocycles. The van der Waals surface area contributed by atoms with E-state index in [9.17, 15) is 14.4 Å². The van der Waals surface area contributed by atoms with Gasteiger partial charge in [0.25, 0.3) is 17.4 Å². The molecule has 0 saturated carbocycles. The zero-order valence-corrected chi connectivity index (χ0v) is 15.6. The lowest BCUT2D eigenvalue weighted by atomic mass is 10.1. The maximum absolute atomic E-state index is 12.5. The summed E-state index contributed by atoms with van der Waals surface area (Å²) < 4.78 is 1.22. The highest BCUT2D eigenvalue weighted by Gasteiger charge is 2.16. The maximum Gasteiger partial charge on any atom is 0.290 e. The summed E-state index contributed by atoms with van der Waals surface area (Å²) in [5, 5.41) is 4.95. The molecule has 28 heavy (non-hydrogen) atoms. The monoisotopic (exact) mass is 376 g/mol. The molecule has 0 spiro atoms. The molecule has 0 radical (unpaired) electrons. The summed E-state index contributed by atoms with van der Waals surface area (Å²) >= 11 is 0. The number of nitrogens with one attached hydrogen (secondary N) is 2. The first-order valence-corrected chi connectivity index (χ1v) is 8.84. The van der Waals surface area contributed by atoms with Gasteiger partial charge >= 0.3 is 0 Å². The van der Waals surface area contributed by atoms with Crippen molar-refractivity contribution in [2.75, 3.05) is 0 Å². The Labute approximate surface area is 161 Å². The van der Waals surface area contributed by atoms with Crippen LogP contribution in [-0.2, 0) is 11.3 Å². The summed E-state index contributed by atoms with van der Waals surface area (Å²) in [5.74, 6) is -1.08. The molecule has 142 valence electrons. The van der Waals surface area contributed by atoms with Crippen LogP contribution < -0.4 is 16.4 Å². The Morgan fingerprint density at radius 3 is 2.54 bits per heavy atom. The number of rotatable bonds is 4. The van der Waals surface area contributed by atoms with Crippen LogP contribution in [0, 0.1) is 6.92 Å². The fourth-order valence-corrected chi connectivity index (χ4v) is 2.78. The molecular formula is C21H20N4O3. The van der Waals surface area contributed by atoms with Crippen molar-refractivity contribution in [1.82, 2.24) is 20.6 Å². The third-order valence-corrected chi connectivity index (χ3v) is 4.15. The Kier molecular flexibility index (Phi) is 5.64. The molecule has 3 rings (SSSR count). The Hall–Kier alpha value is -3.74. The van der Waals surface area contributed by atoms with Crippen LogP contribution in [0.2, 0.25) is 0 Å². The fourth-order valence-electron chi connectivity index (χ4n) is 2.78. The lowest BCUT2D eigenvalue weighted by Gasteiger charge is -2.10. The van der Waals surface area contributed by atoms with Crippen LogP contribution in [0.5, 0.6) is 0 Å². The Morgan fingerprint density at radius 1 is 1.07 bits per heavy atom. The van der Waals surface area contributed by atoms with E-state index in [1.54, 1.807) is 37.3 Å². The Morgan fingerprint density at radius 2 is 1.82 bits per heavy atom. The molecule has 7 nitrogen and oxygen atoms in total. The lowest BCUT2D eigenvalue weighted by Crippen LogP contribution is -2.42. The minimum absolute atomic E-state index is 0.0695. The third kappa shape index (κ3) is 4.15. The molecule has 0 bridgehead atoms. The highest BCUT2D eigenvalue weighted by Crippen LogP contribution is 2.13. The lowest BCUT2D eigenvalue weighted by molar-refractivity contribution is -0.117. The van der Waals surface area contributed by atoms with E-state index in [1.807, 2.05) is 31.2 Å². The molecule has 1 heterocycles. The van der Waals surface area contributed by atoms with Crippen molar-refractivity contribution >= 4 is 28.7 Å². The zero-order valence-electron chi connectivity index (χ0n) is 15.6. The molecular weight excluding hydrogens is 356 g/mol. The van der Waals surface area contributed by atoms with E-state index in [4.69, 9.17) is 0 Å². The highest BCUT2D eigenvalue weighted by molar-refractivity contribution is 6.05. The van der Waals surface area contributed by atoms with Gasteiger partial charge in [-0.05, 0) is 31.6 Å². The van der Waals surface area contributed by atoms with Crippen LogP contribution in [0.4, 0.5) is 0 Å². The second-order valence-corrected chi connectivity index (χ2v) is 6.21. The van der Waals surface area contributed by atoms with Gasteiger partial charge in [0.2, 0.25) is 0 Å². The number of benzene rings is 2. The number of nitrogens with zero attached hydrogens (tertiary/aromatic N) is 2. The van der Waals surface area contributed by atoms with Gasteiger partial charge in [-0.25, -0.2) is 4.68 Å². The van der Waals surface area contributed by atoms with E-state index in [0.29, 0.717) is 17.3 Å². The molecule has 2 amide bonds. The summed E-state index contributed by atoms with van der Waals surface area (Å²) in [5.41, 5.74) is 6.44. The van der Waals surface area contributed by atoms with E-state index < -0.39 is 11.8 Å². The topological polar surface area (TPSA) is 93.1 Å². The van der Waals surface area contributed by atoms with Gasteiger partial charge in [-0.15, -0.1) is 0 Å². The molecule has 3 aromatic rings. The molecule has 2 N–H and O–H groups in total. The summed E-state index contributed by atoms with van der Waals surface area (Å²) in [4.78, 5) is 36.9. The maximum atomic E-state index is 12.5. The van der Waals surface area contributed by atoms with Gasteiger partial charge < -0.3 is 0 Å². The predicted molar refractivity (Wildman–Crippen MR) is 107 cm³/mol. The molecule has 0 aliphatic rings. The van der Waals surface area contributed by atoms with Gasteiger partial charge in [0.05, 0.1) is 5.39 Å². The number of fused-ring (bicyclic) bond motifs is 1. The first-order valence-electron chi connectivity index (χ1n) is 8.84. The molecule has 0 aliphatic heterocycles. The van der Waals surface area contributed by atoms with Crippen molar-refractivity contribution in [1.29, 1.82) is 0 Å². The van der Waals surface area contributed by atoms with E-state index in [-0.39, 0.29) is 11.3 Å². The first-order chi connectivity index (χ1) is 13.5.